The van der Waals surface area contributed by atoms with Crippen LogP contribution in [0.25, 0.3) is 0 Å². The number of rotatable bonds is 5. The van der Waals surface area contributed by atoms with E-state index in [4.69, 9.17) is 0 Å². The molecule has 0 aliphatic rings. The normalized spacial score (nSPS) is 12.4. The molecule has 1 rings (SSSR count). The Balaban J connectivity index is 2.28. The van der Waals surface area contributed by atoms with Crippen molar-refractivity contribution in [2.45, 2.75) is 6.92 Å². The van der Waals surface area contributed by atoms with Gasteiger partial charge < -0.3 is 10.6 Å². The second-order valence-electron chi connectivity index (χ2n) is 3.34. The molecule has 1 atom stereocenters. The number of hydrogen-bond acceptors (Lipinski definition) is 3. The van der Waals surface area contributed by atoms with E-state index < -0.39 is 0 Å². The summed E-state index contributed by atoms with van der Waals surface area (Å²) < 4.78 is 0. The van der Waals surface area contributed by atoms with E-state index in [1.807, 2.05) is 7.05 Å². The maximum absolute atomic E-state index is 11.4. The summed E-state index contributed by atoms with van der Waals surface area (Å²) in [6.07, 6.45) is 1.56. The monoisotopic (exact) mass is 196 g/mol. The van der Waals surface area contributed by atoms with E-state index in [0.717, 1.165) is 6.54 Å². The van der Waals surface area contributed by atoms with Gasteiger partial charge in [-0.1, -0.05) is 6.92 Å². The maximum atomic E-state index is 11.4. The van der Waals surface area contributed by atoms with Crippen LogP contribution in [0.1, 0.15) is 17.4 Å². The average molecular weight is 196 g/mol. The van der Waals surface area contributed by atoms with Crippen LogP contribution < -0.4 is 10.6 Å². The molecule has 5 nitrogen and oxygen atoms in total. The van der Waals surface area contributed by atoms with Crippen LogP contribution in [0.2, 0.25) is 0 Å². The lowest BCUT2D eigenvalue weighted by atomic mass is 10.2. The van der Waals surface area contributed by atoms with E-state index in [1.54, 1.807) is 12.3 Å². The molecule has 0 fully saturated rings. The second-order valence-corrected chi connectivity index (χ2v) is 3.34. The average Bonchev–Trinajstić information content (AvgIpc) is 2.67. The second kappa shape index (κ2) is 5.39. The van der Waals surface area contributed by atoms with Crippen molar-refractivity contribution in [1.82, 2.24) is 20.8 Å². The number of nitrogens with zero attached hydrogens (tertiary/aromatic N) is 1. The Morgan fingerprint density at radius 3 is 3.00 bits per heavy atom. The minimum Gasteiger partial charge on any atom is -0.350 e. The number of nitrogens with one attached hydrogen (secondary N) is 3. The lowest BCUT2D eigenvalue weighted by Gasteiger charge is -2.10. The van der Waals surface area contributed by atoms with Crippen molar-refractivity contribution in [3.05, 3.63) is 18.0 Å². The summed E-state index contributed by atoms with van der Waals surface area (Å²) in [5, 5.41) is 12.2. The van der Waals surface area contributed by atoms with Gasteiger partial charge in [-0.05, 0) is 25.6 Å². The van der Waals surface area contributed by atoms with E-state index in [1.165, 1.54) is 0 Å². The zero-order valence-corrected chi connectivity index (χ0v) is 8.50. The van der Waals surface area contributed by atoms with Crippen molar-refractivity contribution >= 4 is 5.91 Å². The minimum atomic E-state index is -0.106. The molecule has 0 radical (unpaired) electrons. The van der Waals surface area contributed by atoms with Crippen LogP contribution >= 0.6 is 0 Å². The highest BCUT2D eigenvalue weighted by Crippen LogP contribution is 1.93. The Labute approximate surface area is 83.3 Å². The van der Waals surface area contributed by atoms with Crippen LogP contribution in [0, 0.1) is 5.92 Å². The van der Waals surface area contributed by atoms with E-state index in [9.17, 15) is 4.79 Å². The summed E-state index contributed by atoms with van der Waals surface area (Å²) >= 11 is 0. The van der Waals surface area contributed by atoms with Gasteiger partial charge in [0, 0.05) is 12.7 Å². The zero-order valence-electron chi connectivity index (χ0n) is 8.50. The smallest absolute Gasteiger partial charge is 0.269 e. The number of amides is 1. The number of H-pyrrole nitrogens is 1. The van der Waals surface area contributed by atoms with Gasteiger partial charge in [-0.3, -0.25) is 9.89 Å². The summed E-state index contributed by atoms with van der Waals surface area (Å²) in [5.74, 6) is 0.317. The van der Waals surface area contributed by atoms with Crippen molar-refractivity contribution < 1.29 is 4.79 Å². The van der Waals surface area contributed by atoms with Crippen molar-refractivity contribution in [2.75, 3.05) is 20.1 Å². The van der Waals surface area contributed by atoms with Gasteiger partial charge in [-0.2, -0.15) is 5.10 Å². The van der Waals surface area contributed by atoms with Crippen LogP contribution in [0.5, 0.6) is 0 Å². The maximum Gasteiger partial charge on any atom is 0.269 e. The Kier molecular flexibility index (Phi) is 4.12. The predicted molar refractivity (Wildman–Crippen MR) is 54.0 cm³/mol. The van der Waals surface area contributed by atoms with E-state index >= 15 is 0 Å². The lowest BCUT2D eigenvalue weighted by Crippen LogP contribution is -2.32. The highest BCUT2D eigenvalue weighted by Gasteiger charge is 2.07. The SMILES string of the molecule is CNCC(C)CNC(=O)c1ccn[nH]1. The molecular formula is C9H16N4O. The first kappa shape index (κ1) is 10.7. The fourth-order valence-electron chi connectivity index (χ4n) is 1.17. The summed E-state index contributed by atoms with van der Waals surface area (Å²) in [6, 6.07) is 1.65. The summed E-state index contributed by atoms with van der Waals surface area (Å²) in [4.78, 5) is 11.4. The summed E-state index contributed by atoms with van der Waals surface area (Å²) in [7, 11) is 1.90. The van der Waals surface area contributed by atoms with Crippen LogP contribution in [0.4, 0.5) is 0 Å². The summed E-state index contributed by atoms with van der Waals surface area (Å²) in [5.41, 5.74) is 0.502. The van der Waals surface area contributed by atoms with Gasteiger partial charge in [0.05, 0.1) is 0 Å². The van der Waals surface area contributed by atoms with Gasteiger partial charge in [-0.15, -0.1) is 0 Å². The molecule has 0 aliphatic heterocycles. The Morgan fingerprint density at radius 1 is 1.64 bits per heavy atom. The van der Waals surface area contributed by atoms with Gasteiger partial charge in [0.25, 0.3) is 5.91 Å². The highest BCUT2D eigenvalue weighted by molar-refractivity contribution is 5.92. The van der Waals surface area contributed by atoms with Crippen LogP contribution in [-0.4, -0.2) is 36.2 Å². The van der Waals surface area contributed by atoms with Gasteiger partial charge in [0.15, 0.2) is 0 Å². The van der Waals surface area contributed by atoms with Crippen molar-refractivity contribution in [3.63, 3.8) is 0 Å². The first-order valence-electron chi connectivity index (χ1n) is 4.66. The molecule has 78 valence electrons. The number of aromatic amines is 1. The molecule has 1 aromatic heterocycles. The molecule has 0 saturated heterocycles. The quantitative estimate of drug-likeness (QED) is 0.620. The lowest BCUT2D eigenvalue weighted by molar-refractivity contribution is 0.0943. The topological polar surface area (TPSA) is 69.8 Å². The number of carbonyl (C=O) groups is 1. The third-order valence-corrected chi connectivity index (χ3v) is 1.91. The third-order valence-electron chi connectivity index (χ3n) is 1.91. The molecule has 0 saturated carbocycles. The fourth-order valence-corrected chi connectivity index (χ4v) is 1.17. The Hall–Kier alpha value is -1.36. The van der Waals surface area contributed by atoms with Crippen molar-refractivity contribution in [3.8, 4) is 0 Å². The molecule has 0 aromatic carbocycles. The molecule has 0 spiro atoms. The van der Waals surface area contributed by atoms with Gasteiger partial charge in [0.1, 0.15) is 5.69 Å². The zero-order chi connectivity index (χ0) is 10.4. The largest absolute Gasteiger partial charge is 0.350 e. The molecule has 0 aliphatic carbocycles. The molecule has 3 N–H and O–H groups in total. The molecule has 5 heteroatoms. The molecule has 14 heavy (non-hydrogen) atoms. The van der Waals surface area contributed by atoms with Crippen molar-refractivity contribution in [1.29, 1.82) is 0 Å². The standard InChI is InChI=1S/C9H16N4O/c1-7(5-10-2)6-11-9(14)8-3-4-12-13-8/h3-4,7,10H,5-6H2,1-2H3,(H,11,14)(H,12,13). The molecule has 1 unspecified atom stereocenters. The van der Waals surface area contributed by atoms with Crippen LogP contribution in [0.3, 0.4) is 0 Å². The van der Waals surface area contributed by atoms with E-state index in [2.05, 4.69) is 27.8 Å². The first-order valence-corrected chi connectivity index (χ1v) is 4.66. The molecule has 1 aromatic rings. The number of aromatic nitrogens is 2. The molecular weight excluding hydrogens is 180 g/mol. The first-order chi connectivity index (χ1) is 6.74. The van der Waals surface area contributed by atoms with Crippen LogP contribution in [0.15, 0.2) is 12.3 Å². The highest BCUT2D eigenvalue weighted by atomic mass is 16.1. The van der Waals surface area contributed by atoms with Crippen LogP contribution in [-0.2, 0) is 0 Å². The molecule has 1 heterocycles. The molecule has 0 bridgehead atoms. The van der Waals surface area contributed by atoms with Gasteiger partial charge in [-0.25, -0.2) is 0 Å². The predicted octanol–water partition coefficient (Wildman–Crippen LogP) is -0.00500. The van der Waals surface area contributed by atoms with E-state index in [-0.39, 0.29) is 5.91 Å². The third kappa shape index (κ3) is 3.18. The molecule has 1 amide bonds. The minimum absolute atomic E-state index is 0.106. The van der Waals surface area contributed by atoms with Gasteiger partial charge >= 0.3 is 0 Å². The van der Waals surface area contributed by atoms with Crippen molar-refractivity contribution in [2.24, 2.45) is 5.92 Å². The van der Waals surface area contributed by atoms with E-state index in [0.29, 0.717) is 18.2 Å². The fraction of sp³-hybridized carbons (Fsp3) is 0.556. The summed E-state index contributed by atoms with van der Waals surface area (Å²) in [6.45, 7) is 3.63. The number of hydrogen-bond donors (Lipinski definition) is 3. The Bertz CT molecular complexity index is 270. The van der Waals surface area contributed by atoms with Gasteiger partial charge in [0.2, 0.25) is 0 Å². The number of carbonyl (C=O) groups excluding carboxylic acids is 1. The Morgan fingerprint density at radius 2 is 2.43 bits per heavy atom.